The van der Waals surface area contributed by atoms with E-state index in [0.29, 0.717) is 0 Å². The van der Waals surface area contributed by atoms with E-state index in [4.69, 9.17) is 18.9 Å². The molecule has 0 radical (unpaired) electrons. The lowest BCUT2D eigenvalue weighted by Gasteiger charge is -2.51. The van der Waals surface area contributed by atoms with Crippen LogP contribution in [-0.4, -0.2) is 67.2 Å². The van der Waals surface area contributed by atoms with Gasteiger partial charge in [0.2, 0.25) is 0 Å². The normalized spacial score (nSPS) is 32.6. The Morgan fingerprint density at radius 1 is 1.00 bits per heavy atom. The summed E-state index contributed by atoms with van der Waals surface area (Å²) in [5.41, 5.74) is -0.649. The first-order valence-corrected chi connectivity index (χ1v) is 8.96. The van der Waals surface area contributed by atoms with Crippen molar-refractivity contribution >= 4 is 11.9 Å². The maximum atomic E-state index is 11.7. The Morgan fingerprint density at radius 3 is 2.00 bits per heavy atom. The minimum atomic E-state index is -0.803. The Labute approximate surface area is 149 Å². The third-order valence-electron chi connectivity index (χ3n) is 4.82. The molecule has 7 nitrogen and oxygen atoms in total. The van der Waals surface area contributed by atoms with Crippen molar-refractivity contribution in [1.29, 1.82) is 0 Å². The third-order valence-corrected chi connectivity index (χ3v) is 4.82. The number of esters is 2. The highest BCUT2D eigenvalue weighted by atomic mass is 16.7. The van der Waals surface area contributed by atoms with Crippen LogP contribution in [0.3, 0.4) is 0 Å². The van der Waals surface area contributed by atoms with Gasteiger partial charge in [-0.3, -0.25) is 9.59 Å². The van der Waals surface area contributed by atoms with E-state index in [2.05, 4.69) is 0 Å². The zero-order chi connectivity index (χ0) is 18.8. The van der Waals surface area contributed by atoms with E-state index in [1.807, 2.05) is 32.8 Å². The highest BCUT2D eigenvalue weighted by Crippen LogP contribution is 2.37. The second kappa shape index (κ2) is 8.01. The molecule has 0 bridgehead atoms. The molecule has 0 aromatic carbocycles. The van der Waals surface area contributed by atoms with Crippen LogP contribution in [0.15, 0.2) is 0 Å². The second-order valence-electron chi connectivity index (χ2n) is 7.69. The Kier molecular flexibility index (Phi) is 6.45. The van der Waals surface area contributed by atoms with Crippen molar-refractivity contribution in [1.82, 2.24) is 4.90 Å². The summed E-state index contributed by atoms with van der Waals surface area (Å²) < 4.78 is 23.4. The molecule has 0 aromatic rings. The van der Waals surface area contributed by atoms with Crippen LogP contribution in [0, 0.1) is 0 Å². The molecule has 25 heavy (non-hydrogen) atoms. The summed E-state index contributed by atoms with van der Waals surface area (Å²) in [6.07, 6.45) is 1.99. The number of carbonyl (C=O) groups is 2. The predicted molar refractivity (Wildman–Crippen MR) is 90.9 cm³/mol. The molecule has 4 atom stereocenters. The second-order valence-corrected chi connectivity index (χ2v) is 7.69. The minimum absolute atomic E-state index is 0.0766. The minimum Gasteiger partial charge on any atom is -0.457 e. The van der Waals surface area contributed by atoms with Gasteiger partial charge in [-0.05, 0) is 40.8 Å². The smallest absolute Gasteiger partial charge is 0.303 e. The van der Waals surface area contributed by atoms with Crippen LogP contribution >= 0.6 is 0 Å². The van der Waals surface area contributed by atoms with E-state index in [-0.39, 0.29) is 12.1 Å². The Bertz CT molecular complexity index is 486. The largest absolute Gasteiger partial charge is 0.457 e. The topological polar surface area (TPSA) is 74.3 Å². The standard InChI is InChI=1S/C18H31NO6/c1-11(20)22-14-15(23-12(2)21)17(24-13-9-7-8-10-13)25-18(3,4)16(14)19(5)6/h13-17H,7-10H2,1-6H3/t14-,15+,16-,17+/m0/s1. The van der Waals surface area contributed by atoms with E-state index in [1.165, 1.54) is 13.8 Å². The number of likely N-dealkylation sites (N-methyl/N-ethyl adjacent to an activating group) is 1. The van der Waals surface area contributed by atoms with Gasteiger partial charge >= 0.3 is 11.9 Å². The molecule has 0 spiro atoms. The zero-order valence-corrected chi connectivity index (χ0v) is 16.1. The molecule has 0 N–H and O–H groups in total. The van der Waals surface area contributed by atoms with Gasteiger partial charge in [-0.1, -0.05) is 12.8 Å². The molecule has 0 aromatic heterocycles. The van der Waals surface area contributed by atoms with E-state index in [9.17, 15) is 9.59 Å². The molecule has 1 aliphatic heterocycles. The quantitative estimate of drug-likeness (QED) is 0.695. The lowest BCUT2D eigenvalue weighted by atomic mass is 9.86. The van der Waals surface area contributed by atoms with Gasteiger partial charge in [0.25, 0.3) is 0 Å². The molecule has 2 fully saturated rings. The van der Waals surface area contributed by atoms with Crippen molar-refractivity contribution in [2.45, 2.75) is 89.6 Å². The highest BCUT2D eigenvalue weighted by molar-refractivity contribution is 5.67. The maximum Gasteiger partial charge on any atom is 0.303 e. The van der Waals surface area contributed by atoms with Gasteiger partial charge in [0.05, 0.1) is 17.7 Å². The van der Waals surface area contributed by atoms with E-state index >= 15 is 0 Å². The van der Waals surface area contributed by atoms with Crippen molar-refractivity contribution in [3.8, 4) is 0 Å². The summed E-state index contributed by atoms with van der Waals surface area (Å²) in [6, 6.07) is -0.288. The fourth-order valence-corrected chi connectivity index (χ4v) is 4.04. The average Bonchev–Trinajstić information content (AvgIpc) is 2.93. The first kappa shape index (κ1) is 20.1. The van der Waals surface area contributed by atoms with Crippen molar-refractivity contribution in [2.75, 3.05) is 14.1 Å². The van der Waals surface area contributed by atoms with Gasteiger partial charge in [0, 0.05) is 13.8 Å². The van der Waals surface area contributed by atoms with Crippen LogP contribution in [-0.2, 0) is 28.5 Å². The molecule has 2 rings (SSSR count). The van der Waals surface area contributed by atoms with Gasteiger partial charge in [-0.25, -0.2) is 0 Å². The third kappa shape index (κ3) is 4.92. The molecule has 1 heterocycles. The predicted octanol–water partition coefficient (Wildman–Crippen LogP) is 1.87. The summed E-state index contributed by atoms with van der Waals surface area (Å²) >= 11 is 0. The van der Waals surface area contributed by atoms with Crippen molar-refractivity contribution in [2.24, 2.45) is 0 Å². The van der Waals surface area contributed by atoms with Crippen LogP contribution < -0.4 is 0 Å². The molecule has 1 saturated heterocycles. The van der Waals surface area contributed by atoms with Gasteiger partial charge in [-0.2, -0.15) is 0 Å². The van der Waals surface area contributed by atoms with Crippen LogP contribution in [0.25, 0.3) is 0 Å². The van der Waals surface area contributed by atoms with Crippen molar-refractivity contribution in [3.63, 3.8) is 0 Å². The maximum absolute atomic E-state index is 11.7. The van der Waals surface area contributed by atoms with Crippen LogP contribution in [0.5, 0.6) is 0 Å². The molecule has 0 amide bonds. The first-order valence-electron chi connectivity index (χ1n) is 8.96. The van der Waals surface area contributed by atoms with E-state index in [0.717, 1.165) is 25.7 Å². The van der Waals surface area contributed by atoms with Crippen molar-refractivity contribution < 1.29 is 28.5 Å². The van der Waals surface area contributed by atoms with Crippen LogP contribution in [0.4, 0.5) is 0 Å². The van der Waals surface area contributed by atoms with Crippen molar-refractivity contribution in [3.05, 3.63) is 0 Å². The highest BCUT2D eigenvalue weighted by Gasteiger charge is 2.55. The fourth-order valence-electron chi connectivity index (χ4n) is 4.04. The molecule has 0 unspecified atom stereocenters. The summed E-state index contributed by atoms with van der Waals surface area (Å²) in [6.45, 7) is 6.56. The molecular formula is C18H31NO6. The molecule has 1 aliphatic carbocycles. The number of rotatable bonds is 5. The Hall–Kier alpha value is -1.18. The Morgan fingerprint density at radius 2 is 1.52 bits per heavy atom. The summed E-state index contributed by atoms with van der Waals surface area (Å²) in [5, 5.41) is 0. The van der Waals surface area contributed by atoms with E-state index < -0.39 is 36.0 Å². The number of nitrogens with zero attached hydrogens (tertiary/aromatic N) is 1. The molecule has 7 heteroatoms. The number of ether oxygens (including phenoxy) is 4. The van der Waals surface area contributed by atoms with Crippen LogP contribution in [0.1, 0.15) is 53.4 Å². The lowest BCUT2D eigenvalue weighted by molar-refractivity contribution is -0.323. The average molecular weight is 357 g/mol. The lowest BCUT2D eigenvalue weighted by Crippen LogP contribution is -2.68. The van der Waals surface area contributed by atoms with Gasteiger partial charge in [0.15, 0.2) is 18.5 Å². The van der Waals surface area contributed by atoms with E-state index in [1.54, 1.807) is 0 Å². The zero-order valence-electron chi connectivity index (χ0n) is 16.1. The Balaban J connectivity index is 2.33. The number of hydrogen-bond donors (Lipinski definition) is 0. The summed E-state index contributed by atoms with van der Waals surface area (Å²) in [5.74, 6) is -0.880. The molecular weight excluding hydrogens is 326 g/mol. The fraction of sp³-hybridized carbons (Fsp3) is 0.889. The SMILES string of the molecule is CC(=O)O[C@H]1[C@H](OC2CCCC2)OC(C)(C)[C@@H](N(C)C)[C@H]1OC(C)=O. The van der Waals surface area contributed by atoms with Crippen LogP contribution in [0.2, 0.25) is 0 Å². The summed E-state index contributed by atoms with van der Waals surface area (Å²) in [4.78, 5) is 25.3. The van der Waals surface area contributed by atoms with Gasteiger partial charge in [-0.15, -0.1) is 0 Å². The number of hydrogen-bond acceptors (Lipinski definition) is 7. The van der Waals surface area contributed by atoms with Gasteiger partial charge in [0.1, 0.15) is 0 Å². The number of carbonyl (C=O) groups excluding carboxylic acids is 2. The first-order chi connectivity index (χ1) is 11.6. The molecule has 144 valence electrons. The molecule has 2 aliphatic rings. The summed E-state index contributed by atoms with van der Waals surface area (Å²) in [7, 11) is 3.77. The monoisotopic (exact) mass is 357 g/mol. The van der Waals surface area contributed by atoms with Gasteiger partial charge < -0.3 is 23.8 Å². The molecule has 1 saturated carbocycles.